The number of amides is 1. The van der Waals surface area contributed by atoms with E-state index in [9.17, 15) is 19.2 Å². The summed E-state index contributed by atoms with van der Waals surface area (Å²) in [7, 11) is 0. The van der Waals surface area contributed by atoms with Crippen LogP contribution in [0.25, 0.3) is 11.0 Å². The van der Waals surface area contributed by atoms with E-state index in [0.717, 1.165) is 0 Å². The lowest BCUT2D eigenvalue weighted by Gasteiger charge is -2.31. The summed E-state index contributed by atoms with van der Waals surface area (Å²) in [6.07, 6.45) is 1.14. The van der Waals surface area contributed by atoms with Gasteiger partial charge < -0.3 is 19.6 Å². The van der Waals surface area contributed by atoms with Crippen molar-refractivity contribution in [3.05, 3.63) is 44.5 Å². The number of aromatic nitrogens is 2. The number of hydrogen-bond acceptors (Lipinski definition) is 5. The minimum Gasteiger partial charge on any atom is -0.466 e. The molecule has 0 saturated carbocycles. The van der Waals surface area contributed by atoms with E-state index in [1.165, 1.54) is 0 Å². The predicted octanol–water partition coefficient (Wildman–Crippen LogP) is 0.632. The Hall–Kier alpha value is -2.90. The first kappa shape index (κ1) is 16.9. The molecule has 132 valence electrons. The Bertz CT molecular complexity index is 922. The summed E-state index contributed by atoms with van der Waals surface area (Å²) in [4.78, 5) is 53.8. The van der Waals surface area contributed by atoms with E-state index in [4.69, 9.17) is 4.74 Å². The topological polar surface area (TPSA) is 112 Å². The molecule has 2 N–H and O–H groups in total. The van der Waals surface area contributed by atoms with Gasteiger partial charge in [-0.25, -0.2) is 0 Å². The fourth-order valence-corrected chi connectivity index (χ4v) is 3.01. The normalized spacial score (nSPS) is 15.3. The van der Waals surface area contributed by atoms with Gasteiger partial charge in [0.15, 0.2) is 0 Å². The SMILES string of the molecule is CCOC(=O)C1CCN(C(=O)c2ccc3[nH]c(=O)c(=O)[nH]c3c2)CC1. The van der Waals surface area contributed by atoms with Gasteiger partial charge in [-0.3, -0.25) is 19.2 Å². The fraction of sp³-hybridized carbons (Fsp3) is 0.412. The van der Waals surface area contributed by atoms with Gasteiger partial charge in [0.1, 0.15) is 0 Å². The molecule has 1 aromatic carbocycles. The molecule has 1 aromatic heterocycles. The third kappa shape index (κ3) is 3.47. The van der Waals surface area contributed by atoms with Gasteiger partial charge in [-0.2, -0.15) is 0 Å². The van der Waals surface area contributed by atoms with Gasteiger partial charge in [0, 0.05) is 18.7 Å². The third-order valence-electron chi connectivity index (χ3n) is 4.37. The minimum atomic E-state index is -0.757. The molecule has 2 heterocycles. The monoisotopic (exact) mass is 345 g/mol. The van der Waals surface area contributed by atoms with Gasteiger partial charge in [-0.05, 0) is 38.0 Å². The van der Waals surface area contributed by atoms with Gasteiger partial charge in [-0.1, -0.05) is 0 Å². The van der Waals surface area contributed by atoms with E-state index in [1.54, 1.807) is 30.0 Å². The van der Waals surface area contributed by atoms with E-state index in [1.807, 2.05) is 0 Å². The standard InChI is InChI=1S/C17H19N3O5/c1-2-25-17(24)10-5-7-20(8-6-10)16(23)11-3-4-12-13(9-11)19-15(22)14(21)18-12/h3-4,9-10H,2,5-8H2,1H3,(H,18,21)(H,19,22). The van der Waals surface area contributed by atoms with Crippen molar-refractivity contribution in [2.45, 2.75) is 19.8 Å². The second-order valence-electron chi connectivity index (χ2n) is 5.99. The van der Waals surface area contributed by atoms with Crippen molar-refractivity contribution < 1.29 is 14.3 Å². The van der Waals surface area contributed by atoms with Gasteiger partial charge in [0.2, 0.25) is 0 Å². The maximum Gasteiger partial charge on any atom is 0.314 e. The second kappa shape index (κ2) is 6.92. The summed E-state index contributed by atoms with van der Waals surface area (Å²) in [5.74, 6) is -0.542. The third-order valence-corrected chi connectivity index (χ3v) is 4.37. The Kier molecular flexibility index (Phi) is 4.69. The maximum atomic E-state index is 12.6. The van der Waals surface area contributed by atoms with Crippen molar-refractivity contribution >= 4 is 22.9 Å². The summed E-state index contributed by atoms with van der Waals surface area (Å²) < 4.78 is 5.03. The zero-order chi connectivity index (χ0) is 18.0. The van der Waals surface area contributed by atoms with Crippen LogP contribution in [0.1, 0.15) is 30.1 Å². The number of fused-ring (bicyclic) bond motifs is 1. The highest BCUT2D eigenvalue weighted by Gasteiger charge is 2.28. The molecule has 8 nitrogen and oxygen atoms in total. The van der Waals surface area contributed by atoms with E-state index >= 15 is 0 Å². The lowest BCUT2D eigenvalue weighted by Crippen LogP contribution is -2.40. The minimum absolute atomic E-state index is 0.165. The number of esters is 1. The molecule has 25 heavy (non-hydrogen) atoms. The first-order valence-electron chi connectivity index (χ1n) is 8.22. The molecule has 0 atom stereocenters. The quantitative estimate of drug-likeness (QED) is 0.626. The number of ether oxygens (including phenoxy) is 1. The molecule has 1 aliphatic heterocycles. The van der Waals surface area contributed by atoms with Crippen LogP contribution in [0.2, 0.25) is 0 Å². The van der Waals surface area contributed by atoms with Gasteiger partial charge in [0.25, 0.3) is 5.91 Å². The summed E-state index contributed by atoms with van der Waals surface area (Å²) in [6, 6.07) is 4.74. The first-order chi connectivity index (χ1) is 12.0. The number of H-pyrrole nitrogens is 2. The number of benzene rings is 1. The molecule has 0 bridgehead atoms. The van der Waals surface area contributed by atoms with Crippen LogP contribution in [0.3, 0.4) is 0 Å². The number of aromatic amines is 2. The van der Waals surface area contributed by atoms with Crippen molar-refractivity contribution in [1.29, 1.82) is 0 Å². The van der Waals surface area contributed by atoms with Crippen molar-refractivity contribution in [2.75, 3.05) is 19.7 Å². The van der Waals surface area contributed by atoms with Crippen molar-refractivity contribution in [1.82, 2.24) is 14.9 Å². The number of rotatable bonds is 3. The number of piperidine rings is 1. The van der Waals surface area contributed by atoms with E-state index in [-0.39, 0.29) is 17.8 Å². The Labute approximate surface area is 142 Å². The zero-order valence-electron chi connectivity index (χ0n) is 13.8. The second-order valence-corrected chi connectivity index (χ2v) is 5.99. The molecule has 0 radical (unpaired) electrons. The van der Waals surface area contributed by atoms with E-state index in [2.05, 4.69) is 9.97 Å². The van der Waals surface area contributed by atoms with Crippen LogP contribution in [0.5, 0.6) is 0 Å². The molecule has 1 aliphatic rings. The zero-order valence-corrected chi connectivity index (χ0v) is 13.8. The molecule has 2 aromatic rings. The van der Waals surface area contributed by atoms with Gasteiger partial charge >= 0.3 is 17.1 Å². The van der Waals surface area contributed by atoms with Crippen molar-refractivity contribution in [3.63, 3.8) is 0 Å². The largest absolute Gasteiger partial charge is 0.466 e. The molecule has 1 fully saturated rings. The summed E-state index contributed by atoms with van der Waals surface area (Å²) in [6.45, 7) is 3.08. The molecule has 1 amide bonds. The van der Waals surface area contributed by atoms with E-state index in [0.29, 0.717) is 49.1 Å². The van der Waals surface area contributed by atoms with Crippen LogP contribution in [0.4, 0.5) is 0 Å². The molecule has 8 heteroatoms. The number of likely N-dealkylation sites (tertiary alicyclic amines) is 1. The molecule has 3 rings (SSSR count). The smallest absolute Gasteiger partial charge is 0.314 e. The Morgan fingerprint density at radius 1 is 1.12 bits per heavy atom. The lowest BCUT2D eigenvalue weighted by atomic mass is 9.96. The lowest BCUT2D eigenvalue weighted by molar-refractivity contribution is -0.149. The van der Waals surface area contributed by atoms with Gasteiger partial charge in [0.05, 0.1) is 23.6 Å². The van der Waals surface area contributed by atoms with Crippen LogP contribution in [0, 0.1) is 5.92 Å². The highest BCUT2D eigenvalue weighted by molar-refractivity contribution is 5.97. The number of hydrogen-bond donors (Lipinski definition) is 2. The predicted molar refractivity (Wildman–Crippen MR) is 90.4 cm³/mol. The summed E-state index contributed by atoms with van der Waals surface area (Å²) >= 11 is 0. The molecular formula is C17H19N3O5. The van der Waals surface area contributed by atoms with Crippen LogP contribution in [-0.2, 0) is 9.53 Å². The van der Waals surface area contributed by atoms with Crippen LogP contribution >= 0.6 is 0 Å². The maximum absolute atomic E-state index is 12.6. The highest BCUT2D eigenvalue weighted by Crippen LogP contribution is 2.21. The highest BCUT2D eigenvalue weighted by atomic mass is 16.5. The Balaban J connectivity index is 1.74. The number of carbonyl (C=O) groups is 2. The van der Waals surface area contributed by atoms with E-state index < -0.39 is 11.1 Å². The Morgan fingerprint density at radius 3 is 2.40 bits per heavy atom. The molecule has 0 aliphatic carbocycles. The Morgan fingerprint density at radius 2 is 1.76 bits per heavy atom. The van der Waals surface area contributed by atoms with Crippen LogP contribution in [-0.4, -0.2) is 46.4 Å². The van der Waals surface area contributed by atoms with Crippen LogP contribution in [0.15, 0.2) is 27.8 Å². The molecular weight excluding hydrogens is 326 g/mol. The molecule has 0 unspecified atom stereocenters. The summed E-state index contributed by atoms with van der Waals surface area (Å²) in [5, 5.41) is 0. The van der Waals surface area contributed by atoms with Crippen molar-refractivity contribution in [3.8, 4) is 0 Å². The van der Waals surface area contributed by atoms with Gasteiger partial charge in [-0.15, -0.1) is 0 Å². The average molecular weight is 345 g/mol. The number of nitrogens with zero attached hydrogens (tertiary/aromatic N) is 1. The molecule has 1 saturated heterocycles. The van der Waals surface area contributed by atoms with Crippen molar-refractivity contribution in [2.24, 2.45) is 5.92 Å². The van der Waals surface area contributed by atoms with Crippen LogP contribution < -0.4 is 11.1 Å². The molecule has 0 spiro atoms. The average Bonchev–Trinajstić information content (AvgIpc) is 2.62. The first-order valence-corrected chi connectivity index (χ1v) is 8.22. The number of nitrogens with one attached hydrogen (secondary N) is 2. The fourth-order valence-electron chi connectivity index (χ4n) is 3.01. The summed E-state index contributed by atoms with van der Waals surface area (Å²) in [5.41, 5.74) is -0.205. The number of carbonyl (C=O) groups excluding carboxylic acids is 2.